The molecule has 0 spiro atoms. The summed E-state index contributed by atoms with van der Waals surface area (Å²) in [6.45, 7) is 6.05. The van der Waals surface area contributed by atoms with Crippen LogP contribution in [-0.4, -0.2) is 16.3 Å². The molecule has 98 valence electrons. The Morgan fingerprint density at radius 3 is 2.89 bits per heavy atom. The van der Waals surface area contributed by atoms with Crippen molar-refractivity contribution < 1.29 is 4.42 Å². The standard InChI is InChI=1S/C13H18BrN3O/c1-3-7-17-9-10(8-16-17)13(15-4-2)11-5-6-12(14)18-11/h5-6,8-9,13,15H,3-4,7H2,1-2H3. The molecule has 0 aliphatic rings. The predicted molar refractivity (Wildman–Crippen MR) is 74.4 cm³/mol. The van der Waals surface area contributed by atoms with Gasteiger partial charge in [-0.05, 0) is 41.0 Å². The third-order valence-electron chi connectivity index (χ3n) is 2.73. The van der Waals surface area contributed by atoms with E-state index in [-0.39, 0.29) is 6.04 Å². The van der Waals surface area contributed by atoms with E-state index >= 15 is 0 Å². The molecule has 0 aliphatic heterocycles. The van der Waals surface area contributed by atoms with Crippen molar-refractivity contribution in [2.24, 2.45) is 0 Å². The fourth-order valence-corrected chi connectivity index (χ4v) is 2.27. The van der Waals surface area contributed by atoms with E-state index in [1.165, 1.54) is 0 Å². The lowest BCUT2D eigenvalue weighted by Gasteiger charge is -2.13. The van der Waals surface area contributed by atoms with E-state index in [9.17, 15) is 0 Å². The molecule has 0 amide bonds. The number of hydrogen-bond acceptors (Lipinski definition) is 3. The number of aromatic nitrogens is 2. The highest BCUT2D eigenvalue weighted by Crippen LogP contribution is 2.25. The van der Waals surface area contributed by atoms with Crippen molar-refractivity contribution >= 4 is 15.9 Å². The third kappa shape index (κ3) is 3.03. The summed E-state index contributed by atoms with van der Waals surface area (Å²) in [7, 11) is 0. The van der Waals surface area contributed by atoms with Gasteiger partial charge >= 0.3 is 0 Å². The van der Waals surface area contributed by atoms with Crippen LogP contribution in [0.2, 0.25) is 0 Å². The Morgan fingerprint density at radius 1 is 1.44 bits per heavy atom. The maximum atomic E-state index is 5.64. The van der Waals surface area contributed by atoms with Crippen LogP contribution >= 0.6 is 15.9 Å². The van der Waals surface area contributed by atoms with Gasteiger partial charge < -0.3 is 9.73 Å². The zero-order valence-corrected chi connectivity index (χ0v) is 12.3. The van der Waals surface area contributed by atoms with Crippen molar-refractivity contribution in [1.82, 2.24) is 15.1 Å². The Morgan fingerprint density at radius 2 is 2.28 bits per heavy atom. The van der Waals surface area contributed by atoms with Crippen LogP contribution in [0.25, 0.3) is 0 Å². The molecule has 5 heteroatoms. The minimum absolute atomic E-state index is 0.0620. The minimum atomic E-state index is 0.0620. The Labute approximate surface area is 115 Å². The molecule has 0 bridgehead atoms. The molecule has 0 aromatic carbocycles. The Bertz CT molecular complexity index is 492. The SMILES string of the molecule is CCCn1cc(C(NCC)c2ccc(Br)o2)cn1. The highest BCUT2D eigenvalue weighted by molar-refractivity contribution is 9.10. The Kier molecular flexibility index (Phi) is 4.60. The number of rotatable bonds is 6. The van der Waals surface area contributed by atoms with Gasteiger partial charge in [-0.2, -0.15) is 5.10 Å². The second-order valence-corrected chi connectivity index (χ2v) is 4.95. The van der Waals surface area contributed by atoms with Crippen molar-refractivity contribution in [2.75, 3.05) is 6.54 Å². The molecule has 2 heterocycles. The van der Waals surface area contributed by atoms with Crippen molar-refractivity contribution in [2.45, 2.75) is 32.9 Å². The van der Waals surface area contributed by atoms with Crippen LogP contribution in [0.4, 0.5) is 0 Å². The van der Waals surface area contributed by atoms with Crippen molar-refractivity contribution in [3.05, 3.63) is 40.5 Å². The summed E-state index contributed by atoms with van der Waals surface area (Å²) < 4.78 is 8.36. The number of hydrogen-bond donors (Lipinski definition) is 1. The zero-order chi connectivity index (χ0) is 13.0. The summed E-state index contributed by atoms with van der Waals surface area (Å²) in [6.07, 6.45) is 5.06. The average molecular weight is 312 g/mol. The van der Waals surface area contributed by atoms with E-state index in [4.69, 9.17) is 4.42 Å². The largest absolute Gasteiger partial charge is 0.452 e. The summed E-state index contributed by atoms with van der Waals surface area (Å²) in [5.41, 5.74) is 1.13. The molecule has 1 unspecified atom stereocenters. The molecule has 2 aromatic heterocycles. The van der Waals surface area contributed by atoms with Gasteiger partial charge in [0.05, 0.1) is 12.2 Å². The fraction of sp³-hybridized carbons (Fsp3) is 0.462. The molecular formula is C13H18BrN3O. The molecule has 0 saturated heterocycles. The first-order valence-corrected chi connectivity index (χ1v) is 7.04. The average Bonchev–Trinajstić information content (AvgIpc) is 2.96. The van der Waals surface area contributed by atoms with Crippen molar-refractivity contribution in [3.63, 3.8) is 0 Å². The summed E-state index contributed by atoms with van der Waals surface area (Å²) in [4.78, 5) is 0. The number of aryl methyl sites for hydroxylation is 1. The normalized spacial score (nSPS) is 12.8. The van der Waals surface area contributed by atoms with E-state index in [0.29, 0.717) is 0 Å². The van der Waals surface area contributed by atoms with Crippen LogP contribution in [0, 0.1) is 0 Å². The van der Waals surface area contributed by atoms with Gasteiger partial charge in [0.15, 0.2) is 4.67 Å². The number of nitrogens with one attached hydrogen (secondary N) is 1. The monoisotopic (exact) mass is 311 g/mol. The summed E-state index contributed by atoms with van der Waals surface area (Å²) in [6, 6.07) is 3.96. The second kappa shape index (κ2) is 6.20. The highest BCUT2D eigenvalue weighted by Gasteiger charge is 2.18. The van der Waals surface area contributed by atoms with Crippen LogP contribution in [0.3, 0.4) is 0 Å². The molecular weight excluding hydrogens is 294 g/mol. The number of nitrogens with zero attached hydrogens (tertiary/aromatic N) is 2. The molecule has 18 heavy (non-hydrogen) atoms. The first-order chi connectivity index (χ1) is 8.74. The van der Waals surface area contributed by atoms with Gasteiger partial charge in [0.2, 0.25) is 0 Å². The molecule has 2 rings (SSSR count). The molecule has 0 saturated carbocycles. The lowest BCUT2D eigenvalue weighted by molar-refractivity contribution is 0.437. The second-order valence-electron chi connectivity index (χ2n) is 4.17. The van der Waals surface area contributed by atoms with Gasteiger partial charge in [0, 0.05) is 18.3 Å². The smallest absolute Gasteiger partial charge is 0.169 e. The van der Waals surface area contributed by atoms with E-state index in [1.54, 1.807) is 0 Å². The van der Waals surface area contributed by atoms with Gasteiger partial charge in [-0.25, -0.2) is 0 Å². The highest BCUT2D eigenvalue weighted by atomic mass is 79.9. The van der Waals surface area contributed by atoms with Crippen LogP contribution in [-0.2, 0) is 6.54 Å². The van der Waals surface area contributed by atoms with Crippen LogP contribution in [0.5, 0.6) is 0 Å². The number of furan rings is 1. The van der Waals surface area contributed by atoms with Crippen LogP contribution < -0.4 is 5.32 Å². The summed E-state index contributed by atoms with van der Waals surface area (Å²) >= 11 is 3.34. The molecule has 4 nitrogen and oxygen atoms in total. The Hall–Kier alpha value is -1.07. The predicted octanol–water partition coefficient (Wildman–Crippen LogP) is 3.35. The number of halogens is 1. The van der Waals surface area contributed by atoms with Crippen LogP contribution in [0.1, 0.15) is 37.6 Å². The lowest BCUT2D eigenvalue weighted by Crippen LogP contribution is -2.21. The topological polar surface area (TPSA) is 43.0 Å². The first kappa shape index (κ1) is 13.4. The molecule has 1 atom stereocenters. The van der Waals surface area contributed by atoms with E-state index in [2.05, 4.69) is 46.4 Å². The maximum absolute atomic E-state index is 5.64. The van der Waals surface area contributed by atoms with Crippen molar-refractivity contribution in [3.8, 4) is 0 Å². The van der Waals surface area contributed by atoms with Crippen molar-refractivity contribution in [1.29, 1.82) is 0 Å². The van der Waals surface area contributed by atoms with Gasteiger partial charge in [-0.1, -0.05) is 13.8 Å². The Balaban J connectivity index is 2.23. The fourth-order valence-electron chi connectivity index (χ4n) is 1.95. The first-order valence-electron chi connectivity index (χ1n) is 6.25. The molecule has 0 radical (unpaired) electrons. The van der Waals surface area contributed by atoms with E-state index in [0.717, 1.165) is 35.5 Å². The third-order valence-corrected chi connectivity index (χ3v) is 3.15. The van der Waals surface area contributed by atoms with Gasteiger partial charge in [-0.15, -0.1) is 0 Å². The van der Waals surface area contributed by atoms with Gasteiger partial charge in [0.25, 0.3) is 0 Å². The molecule has 0 fully saturated rings. The molecule has 2 aromatic rings. The molecule has 0 aliphatic carbocycles. The lowest BCUT2D eigenvalue weighted by atomic mass is 10.1. The zero-order valence-electron chi connectivity index (χ0n) is 10.7. The summed E-state index contributed by atoms with van der Waals surface area (Å²) in [5.74, 6) is 0.903. The van der Waals surface area contributed by atoms with Gasteiger partial charge in [0.1, 0.15) is 5.76 Å². The van der Waals surface area contributed by atoms with Gasteiger partial charge in [-0.3, -0.25) is 4.68 Å². The quantitative estimate of drug-likeness (QED) is 0.889. The minimum Gasteiger partial charge on any atom is -0.452 e. The summed E-state index contributed by atoms with van der Waals surface area (Å²) in [5, 5.41) is 7.78. The maximum Gasteiger partial charge on any atom is 0.169 e. The van der Waals surface area contributed by atoms with Crippen LogP contribution in [0.15, 0.2) is 33.6 Å². The molecule has 1 N–H and O–H groups in total. The van der Waals surface area contributed by atoms with E-state index < -0.39 is 0 Å². The van der Waals surface area contributed by atoms with E-state index in [1.807, 2.05) is 23.0 Å².